The SMILES string of the molecule is CCOc1cc(C(=O)N2C[C@@H](C)[C@H](C(=O)O)C2)c([N+](=O)[O-])cc1OC. The molecule has 1 aliphatic heterocycles. The number of rotatable bonds is 6. The third-order valence-corrected chi connectivity index (χ3v) is 4.23. The van der Waals surface area contributed by atoms with Crippen LogP contribution in [0.4, 0.5) is 5.69 Å². The van der Waals surface area contributed by atoms with Crippen LogP contribution in [0.5, 0.6) is 11.5 Å². The Morgan fingerprint density at radius 2 is 2.04 bits per heavy atom. The van der Waals surface area contributed by atoms with Gasteiger partial charge in [-0.25, -0.2) is 0 Å². The van der Waals surface area contributed by atoms with Crippen LogP contribution in [0.25, 0.3) is 0 Å². The second-order valence-electron chi connectivity index (χ2n) is 5.84. The lowest BCUT2D eigenvalue weighted by atomic mass is 9.99. The van der Waals surface area contributed by atoms with Crippen molar-refractivity contribution in [3.63, 3.8) is 0 Å². The van der Waals surface area contributed by atoms with E-state index in [1.54, 1.807) is 13.8 Å². The van der Waals surface area contributed by atoms with Gasteiger partial charge < -0.3 is 19.5 Å². The molecule has 0 bridgehead atoms. The van der Waals surface area contributed by atoms with Gasteiger partial charge in [0.1, 0.15) is 5.56 Å². The van der Waals surface area contributed by atoms with Crippen LogP contribution >= 0.6 is 0 Å². The molecule has 2 rings (SSSR count). The van der Waals surface area contributed by atoms with Gasteiger partial charge in [-0.3, -0.25) is 19.7 Å². The highest BCUT2D eigenvalue weighted by atomic mass is 16.6. The van der Waals surface area contributed by atoms with Crippen LogP contribution in [0.2, 0.25) is 0 Å². The van der Waals surface area contributed by atoms with Gasteiger partial charge >= 0.3 is 5.97 Å². The summed E-state index contributed by atoms with van der Waals surface area (Å²) >= 11 is 0. The Hall–Kier alpha value is -2.84. The fraction of sp³-hybridized carbons (Fsp3) is 0.500. The molecule has 1 N–H and O–H groups in total. The van der Waals surface area contributed by atoms with Crippen LogP contribution in [0.3, 0.4) is 0 Å². The third-order valence-electron chi connectivity index (χ3n) is 4.23. The van der Waals surface area contributed by atoms with Gasteiger partial charge in [-0.15, -0.1) is 0 Å². The molecule has 2 atom stereocenters. The van der Waals surface area contributed by atoms with E-state index in [0.29, 0.717) is 6.61 Å². The van der Waals surface area contributed by atoms with E-state index in [9.17, 15) is 24.8 Å². The minimum Gasteiger partial charge on any atom is -0.493 e. The molecule has 0 aliphatic carbocycles. The molecule has 1 saturated heterocycles. The molecule has 1 fully saturated rings. The number of carboxylic acid groups (broad SMARTS) is 1. The number of nitrogens with zero attached hydrogens (tertiary/aromatic N) is 2. The average molecular weight is 352 g/mol. The number of hydrogen-bond acceptors (Lipinski definition) is 6. The number of hydrogen-bond donors (Lipinski definition) is 1. The predicted octanol–water partition coefficient (Wildman–Crippen LogP) is 1.79. The van der Waals surface area contributed by atoms with E-state index in [-0.39, 0.29) is 36.1 Å². The molecule has 25 heavy (non-hydrogen) atoms. The number of nitro groups is 1. The molecule has 1 heterocycles. The maximum atomic E-state index is 12.8. The molecule has 0 saturated carbocycles. The quantitative estimate of drug-likeness (QED) is 0.612. The van der Waals surface area contributed by atoms with Gasteiger partial charge in [0.15, 0.2) is 11.5 Å². The van der Waals surface area contributed by atoms with Crippen LogP contribution in [-0.2, 0) is 4.79 Å². The Morgan fingerprint density at radius 1 is 1.36 bits per heavy atom. The average Bonchev–Trinajstić information content (AvgIpc) is 2.96. The number of carbonyl (C=O) groups excluding carboxylic acids is 1. The number of carboxylic acids is 1. The molecule has 9 nitrogen and oxygen atoms in total. The molecule has 136 valence electrons. The van der Waals surface area contributed by atoms with Crippen LogP contribution in [-0.4, -0.2) is 53.6 Å². The molecule has 0 radical (unpaired) electrons. The molecule has 9 heteroatoms. The zero-order valence-electron chi connectivity index (χ0n) is 14.2. The van der Waals surface area contributed by atoms with Crippen molar-refractivity contribution >= 4 is 17.6 Å². The van der Waals surface area contributed by atoms with Crippen molar-refractivity contribution in [3.8, 4) is 11.5 Å². The summed E-state index contributed by atoms with van der Waals surface area (Å²) in [6, 6.07) is 2.42. The lowest BCUT2D eigenvalue weighted by molar-refractivity contribution is -0.385. The van der Waals surface area contributed by atoms with Gasteiger partial charge in [0.25, 0.3) is 11.6 Å². The van der Waals surface area contributed by atoms with Crippen molar-refractivity contribution in [2.75, 3.05) is 26.8 Å². The maximum absolute atomic E-state index is 12.8. The molecule has 1 aromatic rings. The van der Waals surface area contributed by atoms with Gasteiger partial charge in [-0.1, -0.05) is 6.92 Å². The van der Waals surface area contributed by atoms with E-state index in [4.69, 9.17) is 9.47 Å². The largest absolute Gasteiger partial charge is 0.493 e. The van der Waals surface area contributed by atoms with E-state index in [1.807, 2.05) is 0 Å². The first-order chi connectivity index (χ1) is 11.8. The highest BCUT2D eigenvalue weighted by Crippen LogP contribution is 2.36. The lowest BCUT2D eigenvalue weighted by Crippen LogP contribution is -2.30. The number of ether oxygens (including phenoxy) is 2. The summed E-state index contributed by atoms with van der Waals surface area (Å²) in [6.45, 7) is 4.01. The van der Waals surface area contributed by atoms with Crippen molar-refractivity contribution in [3.05, 3.63) is 27.8 Å². The number of methoxy groups -OCH3 is 1. The van der Waals surface area contributed by atoms with Crippen molar-refractivity contribution in [2.24, 2.45) is 11.8 Å². The van der Waals surface area contributed by atoms with Gasteiger partial charge in [0.2, 0.25) is 0 Å². The zero-order chi connectivity index (χ0) is 18.7. The topological polar surface area (TPSA) is 119 Å². The Morgan fingerprint density at radius 3 is 2.52 bits per heavy atom. The second-order valence-corrected chi connectivity index (χ2v) is 5.84. The summed E-state index contributed by atoms with van der Waals surface area (Å²) in [4.78, 5) is 36.0. The zero-order valence-corrected chi connectivity index (χ0v) is 14.2. The van der Waals surface area contributed by atoms with Crippen molar-refractivity contribution in [2.45, 2.75) is 13.8 Å². The Bertz CT molecular complexity index is 704. The monoisotopic (exact) mass is 352 g/mol. The number of benzene rings is 1. The minimum absolute atomic E-state index is 0.0164. The number of carbonyl (C=O) groups is 2. The van der Waals surface area contributed by atoms with E-state index in [0.717, 1.165) is 6.07 Å². The lowest BCUT2D eigenvalue weighted by Gasteiger charge is -2.17. The molecule has 0 aromatic heterocycles. The van der Waals surface area contributed by atoms with E-state index < -0.39 is 28.4 Å². The van der Waals surface area contributed by atoms with E-state index in [1.165, 1.54) is 18.1 Å². The summed E-state index contributed by atoms with van der Waals surface area (Å²) in [7, 11) is 1.35. The van der Waals surface area contributed by atoms with Gasteiger partial charge in [-0.05, 0) is 12.8 Å². The summed E-state index contributed by atoms with van der Waals surface area (Å²) in [5.74, 6) is -2.12. The standard InChI is InChI=1S/C16H20N2O7/c1-4-25-14-5-10(12(18(22)23)6-13(14)24-3)15(19)17-7-9(2)11(8-17)16(20)21/h5-6,9,11H,4,7-8H2,1-3H3,(H,20,21)/t9-,11-/m1/s1. The number of aliphatic carboxylic acids is 1. The molecule has 1 aliphatic rings. The fourth-order valence-corrected chi connectivity index (χ4v) is 2.92. The smallest absolute Gasteiger partial charge is 0.308 e. The number of likely N-dealkylation sites (tertiary alicyclic amines) is 1. The summed E-state index contributed by atoms with van der Waals surface area (Å²) in [5.41, 5.74) is -0.552. The third kappa shape index (κ3) is 3.65. The molecule has 1 amide bonds. The fourth-order valence-electron chi connectivity index (χ4n) is 2.92. The second kappa shape index (κ2) is 7.37. The molecule has 0 unspecified atom stereocenters. The molecule has 1 aromatic carbocycles. The molecule has 0 spiro atoms. The maximum Gasteiger partial charge on any atom is 0.308 e. The summed E-state index contributed by atoms with van der Waals surface area (Å²) in [5, 5.41) is 20.6. The normalized spacial score (nSPS) is 19.6. The first kappa shape index (κ1) is 18.5. The van der Waals surface area contributed by atoms with Gasteiger partial charge in [0, 0.05) is 19.2 Å². The number of nitro benzene ring substituents is 1. The van der Waals surface area contributed by atoms with E-state index >= 15 is 0 Å². The highest BCUT2D eigenvalue weighted by Gasteiger charge is 2.39. The Balaban J connectivity index is 2.42. The van der Waals surface area contributed by atoms with E-state index in [2.05, 4.69) is 0 Å². The van der Waals surface area contributed by atoms with Crippen LogP contribution < -0.4 is 9.47 Å². The minimum atomic E-state index is -0.984. The Labute approximate surface area is 144 Å². The van der Waals surface area contributed by atoms with Crippen molar-refractivity contribution in [1.29, 1.82) is 0 Å². The Kier molecular flexibility index (Phi) is 5.45. The van der Waals surface area contributed by atoms with Gasteiger partial charge in [-0.2, -0.15) is 0 Å². The highest BCUT2D eigenvalue weighted by molar-refractivity contribution is 5.99. The molecular formula is C16H20N2O7. The predicted molar refractivity (Wildman–Crippen MR) is 87.0 cm³/mol. The van der Waals surface area contributed by atoms with Crippen LogP contribution in [0.1, 0.15) is 24.2 Å². The van der Waals surface area contributed by atoms with Crippen LogP contribution in [0, 0.1) is 22.0 Å². The van der Waals surface area contributed by atoms with Crippen LogP contribution in [0.15, 0.2) is 12.1 Å². The van der Waals surface area contributed by atoms with Crippen molar-refractivity contribution in [1.82, 2.24) is 4.90 Å². The first-order valence-corrected chi connectivity index (χ1v) is 7.81. The van der Waals surface area contributed by atoms with Gasteiger partial charge in [0.05, 0.1) is 30.6 Å². The summed E-state index contributed by atoms with van der Waals surface area (Å²) < 4.78 is 10.5. The van der Waals surface area contributed by atoms with Crippen molar-refractivity contribution < 1.29 is 29.1 Å². The summed E-state index contributed by atoms with van der Waals surface area (Å²) in [6.07, 6.45) is 0. The number of amides is 1. The molecular weight excluding hydrogens is 332 g/mol. The first-order valence-electron chi connectivity index (χ1n) is 7.81.